The lowest BCUT2D eigenvalue weighted by atomic mass is 10.1. The number of hydrogen-bond acceptors (Lipinski definition) is 4. The molecule has 0 aromatic heterocycles. The molecule has 1 aromatic carbocycles. The van der Waals surface area contributed by atoms with Gasteiger partial charge in [-0.05, 0) is 44.5 Å². The number of alkyl carbamates (subject to hydrolysis) is 1. The number of carbonyl (C=O) groups excluding carboxylic acids is 2. The number of ether oxygens (including phenoxy) is 1. The van der Waals surface area contributed by atoms with Gasteiger partial charge in [-0.25, -0.2) is 4.79 Å². The molecule has 0 aliphatic rings. The molecule has 0 radical (unpaired) electrons. The monoisotopic (exact) mass is 260 g/mol. The van der Waals surface area contributed by atoms with Crippen LogP contribution in [0, 0.1) is 11.3 Å². The minimum Gasteiger partial charge on any atom is -0.444 e. The maximum Gasteiger partial charge on any atom is 0.407 e. The van der Waals surface area contributed by atoms with Gasteiger partial charge in [0.25, 0.3) is 0 Å². The van der Waals surface area contributed by atoms with E-state index < -0.39 is 11.7 Å². The first-order valence-corrected chi connectivity index (χ1v) is 5.80. The van der Waals surface area contributed by atoms with Crippen LogP contribution >= 0.6 is 0 Å². The van der Waals surface area contributed by atoms with Gasteiger partial charge in [-0.2, -0.15) is 5.26 Å². The highest BCUT2D eigenvalue weighted by atomic mass is 16.6. The van der Waals surface area contributed by atoms with E-state index in [0.29, 0.717) is 23.0 Å². The van der Waals surface area contributed by atoms with Crippen molar-refractivity contribution in [2.75, 3.05) is 0 Å². The third-order valence-electron chi connectivity index (χ3n) is 2.12. The maximum absolute atomic E-state index is 11.5. The zero-order chi connectivity index (χ0) is 14.5. The summed E-state index contributed by atoms with van der Waals surface area (Å²) < 4.78 is 5.09. The van der Waals surface area contributed by atoms with Gasteiger partial charge in [-0.3, -0.25) is 4.79 Å². The molecule has 0 saturated heterocycles. The highest BCUT2D eigenvalue weighted by molar-refractivity contribution is 5.76. The van der Waals surface area contributed by atoms with Crippen molar-refractivity contribution >= 4 is 12.4 Å². The number of benzene rings is 1. The fourth-order valence-corrected chi connectivity index (χ4v) is 1.44. The van der Waals surface area contributed by atoms with E-state index in [-0.39, 0.29) is 6.54 Å². The van der Waals surface area contributed by atoms with Crippen LogP contribution in [-0.4, -0.2) is 18.0 Å². The van der Waals surface area contributed by atoms with Crippen LogP contribution in [0.25, 0.3) is 0 Å². The molecule has 0 spiro atoms. The van der Waals surface area contributed by atoms with Gasteiger partial charge in [0.05, 0.1) is 11.6 Å². The standard InChI is InChI=1S/C14H16N2O3/c1-14(2,3)19-13(18)16-8-11-4-10(7-15)5-12(6-11)9-17/h4-6,9H,8H2,1-3H3,(H,16,18). The number of nitrogens with zero attached hydrogens (tertiary/aromatic N) is 1. The molecule has 1 rings (SSSR count). The van der Waals surface area contributed by atoms with Crippen molar-refractivity contribution in [2.45, 2.75) is 32.9 Å². The molecule has 0 fully saturated rings. The van der Waals surface area contributed by atoms with Crippen LogP contribution in [-0.2, 0) is 11.3 Å². The van der Waals surface area contributed by atoms with Crippen LogP contribution in [0.4, 0.5) is 4.79 Å². The summed E-state index contributed by atoms with van der Waals surface area (Å²) in [6.45, 7) is 5.51. The lowest BCUT2D eigenvalue weighted by Crippen LogP contribution is -2.32. The fourth-order valence-electron chi connectivity index (χ4n) is 1.44. The number of aldehydes is 1. The average molecular weight is 260 g/mol. The number of rotatable bonds is 3. The smallest absolute Gasteiger partial charge is 0.407 e. The van der Waals surface area contributed by atoms with Crippen molar-refractivity contribution in [1.82, 2.24) is 5.32 Å². The van der Waals surface area contributed by atoms with Crippen LogP contribution in [0.1, 0.15) is 42.3 Å². The number of hydrogen-bond donors (Lipinski definition) is 1. The highest BCUT2D eigenvalue weighted by Gasteiger charge is 2.15. The van der Waals surface area contributed by atoms with Gasteiger partial charge < -0.3 is 10.1 Å². The molecule has 0 heterocycles. The van der Waals surface area contributed by atoms with E-state index in [1.165, 1.54) is 6.07 Å². The first-order valence-electron chi connectivity index (χ1n) is 5.80. The van der Waals surface area contributed by atoms with Gasteiger partial charge >= 0.3 is 6.09 Å². The Morgan fingerprint density at radius 1 is 1.42 bits per heavy atom. The Kier molecular flexibility index (Phi) is 4.65. The maximum atomic E-state index is 11.5. The zero-order valence-corrected chi connectivity index (χ0v) is 11.2. The molecule has 0 saturated carbocycles. The number of amides is 1. The van der Waals surface area contributed by atoms with E-state index in [1.54, 1.807) is 32.9 Å². The molecule has 1 amide bonds. The molecule has 19 heavy (non-hydrogen) atoms. The molecule has 0 aliphatic carbocycles. The van der Waals surface area contributed by atoms with E-state index in [0.717, 1.165) is 0 Å². The Hall–Kier alpha value is -2.35. The van der Waals surface area contributed by atoms with E-state index in [9.17, 15) is 9.59 Å². The molecule has 5 heteroatoms. The quantitative estimate of drug-likeness (QED) is 0.846. The number of nitrogens with one attached hydrogen (secondary N) is 1. The van der Waals surface area contributed by atoms with E-state index in [2.05, 4.69) is 5.32 Å². The minimum absolute atomic E-state index is 0.200. The second-order valence-corrected chi connectivity index (χ2v) is 5.05. The summed E-state index contributed by atoms with van der Waals surface area (Å²) in [7, 11) is 0. The van der Waals surface area contributed by atoms with Crippen molar-refractivity contribution in [3.05, 3.63) is 34.9 Å². The van der Waals surface area contributed by atoms with Crippen molar-refractivity contribution in [2.24, 2.45) is 0 Å². The van der Waals surface area contributed by atoms with Crippen LogP contribution in [0.3, 0.4) is 0 Å². The van der Waals surface area contributed by atoms with Crippen molar-refractivity contribution in [3.63, 3.8) is 0 Å². The zero-order valence-electron chi connectivity index (χ0n) is 11.2. The molecule has 0 unspecified atom stereocenters. The lowest BCUT2D eigenvalue weighted by Gasteiger charge is -2.19. The largest absolute Gasteiger partial charge is 0.444 e. The Labute approximate surface area is 112 Å². The van der Waals surface area contributed by atoms with Gasteiger partial charge in [0.1, 0.15) is 11.9 Å². The SMILES string of the molecule is CC(C)(C)OC(=O)NCc1cc(C#N)cc(C=O)c1. The first-order chi connectivity index (χ1) is 8.84. The molecule has 5 nitrogen and oxygen atoms in total. The fraction of sp³-hybridized carbons (Fsp3) is 0.357. The Morgan fingerprint density at radius 2 is 2.11 bits per heavy atom. The Balaban J connectivity index is 2.70. The Bertz CT molecular complexity index is 524. The van der Waals surface area contributed by atoms with Gasteiger partial charge in [0.15, 0.2) is 0 Å². The van der Waals surface area contributed by atoms with E-state index in [1.807, 2.05) is 6.07 Å². The molecule has 0 atom stereocenters. The normalized spacial score (nSPS) is 10.4. The van der Waals surface area contributed by atoms with E-state index >= 15 is 0 Å². The summed E-state index contributed by atoms with van der Waals surface area (Å²) in [6.07, 6.45) is 0.125. The predicted octanol–water partition coefficient (Wildman–Crippen LogP) is 2.40. The van der Waals surface area contributed by atoms with Crippen molar-refractivity contribution < 1.29 is 14.3 Å². The topological polar surface area (TPSA) is 79.2 Å². The minimum atomic E-state index is -0.563. The first kappa shape index (κ1) is 14.7. The summed E-state index contributed by atoms with van der Waals surface area (Å²) in [4.78, 5) is 22.2. The van der Waals surface area contributed by atoms with Crippen LogP contribution in [0.15, 0.2) is 18.2 Å². The average Bonchev–Trinajstić information content (AvgIpc) is 2.33. The third-order valence-corrected chi connectivity index (χ3v) is 2.12. The summed E-state index contributed by atoms with van der Waals surface area (Å²) in [6, 6.07) is 6.69. The van der Waals surface area contributed by atoms with E-state index in [4.69, 9.17) is 10.00 Å². The summed E-state index contributed by atoms with van der Waals surface area (Å²) in [5.41, 5.74) is 0.893. The Morgan fingerprint density at radius 3 is 2.63 bits per heavy atom. The molecule has 0 aliphatic heterocycles. The summed E-state index contributed by atoms with van der Waals surface area (Å²) >= 11 is 0. The summed E-state index contributed by atoms with van der Waals surface area (Å²) in [5, 5.41) is 11.4. The van der Waals surface area contributed by atoms with Gasteiger partial charge in [0.2, 0.25) is 0 Å². The number of carbonyl (C=O) groups is 2. The second kappa shape index (κ2) is 6.01. The van der Waals surface area contributed by atoms with Crippen LogP contribution < -0.4 is 5.32 Å². The van der Waals surface area contributed by atoms with Gasteiger partial charge in [0, 0.05) is 12.1 Å². The van der Waals surface area contributed by atoms with Crippen LogP contribution in [0.2, 0.25) is 0 Å². The van der Waals surface area contributed by atoms with Gasteiger partial charge in [-0.15, -0.1) is 0 Å². The molecular weight excluding hydrogens is 244 g/mol. The molecular formula is C14H16N2O3. The molecule has 100 valence electrons. The molecule has 0 bridgehead atoms. The van der Waals surface area contributed by atoms with Gasteiger partial charge in [-0.1, -0.05) is 0 Å². The predicted molar refractivity (Wildman–Crippen MR) is 69.6 cm³/mol. The molecule has 1 N–H and O–H groups in total. The van der Waals surface area contributed by atoms with Crippen molar-refractivity contribution in [1.29, 1.82) is 5.26 Å². The van der Waals surface area contributed by atoms with Crippen molar-refractivity contribution in [3.8, 4) is 6.07 Å². The lowest BCUT2D eigenvalue weighted by molar-refractivity contribution is 0.0523. The highest BCUT2D eigenvalue weighted by Crippen LogP contribution is 2.10. The van der Waals surface area contributed by atoms with Crippen LogP contribution in [0.5, 0.6) is 0 Å². The second-order valence-electron chi connectivity index (χ2n) is 5.05. The molecule has 1 aromatic rings. The third kappa shape index (κ3) is 5.21. The summed E-state index contributed by atoms with van der Waals surface area (Å²) in [5.74, 6) is 0. The number of nitriles is 1.